The fourth-order valence-corrected chi connectivity index (χ4v) is 2.68. The second kappa shape index (κ2) is 12.0. The molecule has 0 atom stereocenters. The quantitative estimate of drug-likeness (QED) is 0.381. The molecule has 161 valence electrons. The molecule has 0 spiro atoms. The van der Waals surface area contributed by atoms with Crippen LogP contribution in [0.1, 0.15) is 56.9 Å². The largest absolute Gasteiger partial charge is 2.00 e. The van der Waals surface area contributed by atoms with E-state index in [1.807, 2.05) is 19.9 Å². The van der Waals surface area contributed by atoms with Crippen LogP contribution in [0.25, 0.3) is 5.32 Å². The maximum absolute atomic E-state index is 10.1. The minimum atomic E-state index is -0.750. The van der Waals surface area contributed by atoms with Crippen molar-refractivity contribution in [1.82, 2.24) is 0 Å². The Hall–Kier alpha value is -1.87. The van der Waals surface area contributed by atoms with Gasteiger partial charge in [-0.05, 0) is 45.7 Å². The summed E-state index contributed by atoms with van der Waals surface area (Å²) in [6.07, 6.45) is 2.04. The molecule has 2 aromatic rings. The van der Waals surface area contributed by atoms with Crippen LogP contribution in [0.3, 0.4) is 0 Å². The zero-order chi connectivity index (χ0) is 21.5. The average Bonchev–Trinajstić information content (AvgIpc) is 2.53. The Labute approximate surface area is 187 Å². The molecule has 0 saturated heterocycles. The van der Waals surface area contributed by atoms with E-state index in [0.29, 0.717) is 0 Å². The first-order valence-corrected chi connectivity index (χ1v) is 9.66. The van der Waals surface area contributed by atoms with Gasteiger partial charge in [-0.15, -0.1) is 11.3 Å². The molecule has 3 nitrogen and oxygen atoms in total. The van der Waals surface area contributed by atoms with Gasteiger partial charge >= 0.3 is 17.1 Å². The van der Waals surface area contributed by atoms with E-state index in [2.05, 4.69) is 64.1 Å². The number of allylic oxidation sites excluding steroid dienone is 2. The Balaban J connectivity index is 0.00000117. The van der Waals surface area contributed by atoms with Crippen LogP contribution in [0.5, 0.6) is 0 Å². The number of benzene rings is 2. The van der Waals surface area contributed by atoms with Crippen molar-refractivity contribution in [1.29, 1.82) is 0 Å². The minimum Gasteiger partial charge on any atom is -0.850 e. The number of hydrogen-bond acceptors (Lipinski definition) is 2. The number of aryl methyl sites for hydroxylation is 4. The maximum Gasteiger partial charge on any atom is 2.00 e. The number of para-hydroxylation sites is 2. The summed E-state index contributed by atoms with van der Waals surface area (Å²) in [4.78, 5) is 4.76. The van der Waals surface area contributed by atoms with Crippen molar-refractivity contribution in [2.45, 2.75) is 67.9 Å². The Morgan fingerprint density at radius 3 is 1.66 bits per heavy atom. The van der Waals surface area contributed by atoms with Gasteiger partial charge in [-0.2, -0.15) is 5.70 Å². The fourth-order valence-electron chi connectivity index (χ4n) is 2.68. The van der Waals surface area contributed by atoms with Crippen molar-refractivity contribution in [2.75, 3.05) is 0 Å². The van der Waals surface area contributed by atoms with Gasteiger partial charge in [0.05, 0.1) is 5.69 Å². The third kappa shape index (κ3) is 10.5. The van der Waals surface area contributed by atoms with Crippen LogP contribution in [0.4, 0.5) is 11.4 Å². The first-order valence-electron chi connectivity index (χ1n) is 9.66. The van der Waals surface area contributed by atoms with Gasteiger partial charge in [0.1, 0.15) is 0 Å². The van der Waals surface area contributed by atoms with E-state index in [-0.39, 0.29) is 17.1 Å². The average molecular weight is 442 g/mol. The topological polar surface area (TPSA) is 49.5 Å². The molecule has 0 aliphatic rings. The molecular formula is C25H34CuN2O. The van der Waals surface area contributed by atoms with E-state index in [9.17, 15) is 5.11 Å². The van der Waals surface area contributed by atoms with Gasteiger partial charge in [-0.1, -0.05) is 81.3 Å². The molecule has 0 aromatic heterocycles. The SMILES string of the molecule is CC(/C=C(/C)[N-]c1c(C)cccc1C)=Nc1c(C)cccc1C.CC(C)(C)[O-].[Cu+2]. The standard InChI is InChI=1S/C21H25N2.C4H9O.Cu/c1-14-9-7-10-15(2)20(14)22-18(5)13-19(6)23-21-16(3)11-8-12-17(21)4;1-4(2,3)5;/h7-13H,1-6H3;1-3H3;/q2*-1;+2/b18-13-,23-19?;;. The Morgan fingerprint density at radius 1 is 0.862 bits per heavy atom. The fraction of sp³-hybridized carbons (Fsp3) is 0.400. The van der Waals surface area contributed by atoms with Crippen molar-refractivity contribution < 1.29 is 22.2 Å². The van der Waals surface area contributed by atoms with Crippen molar-refractivity contribution >= 4 is 17.1 Å². The molecule has 2 rings (SSSR count). The van der Waals surface area contributed by atoms with Crippen LogP contribution in [-0.2, 0) is 17.1 Å². The zero-order valence-electron chi connectivity index (χ0n) is 19.1. The normalized spacial score (nSPS) is 11.9. The van der Waals surface area contributed by atoms with E-state index in [1.54, 1.807) is 20.8 Å². The molecule has 0 heterocycles. The monoisotopic (exact) mass is 441 g/mol. The second-order valence-corrected chi connectivity index (χ2v) is 8.24. The molecule has 29 heavy (non-hydrogen) atoms. The maximum atomic E-state index is 10.1. The van der Waals surface area contributed by atoms with Crippen LogP contribution in [0.2, 0.25) is 0 Å². The third-order valence-electron chi connectivity index (χ3n) is 3.87. The van der Waals surface area contributed by atoms with E-state index in [4.69, 9.17) is 10.3 Å². The zero-order valence-corrected chi connectivity index (χ0v) is 20.1. The van der Waals surface area contributed by atoms with E-state index < -0.39 is 5.60 Å². The molecule has 0 saturated carbocycles. The van der Waals surface area contributed by atoms with Crippen molar-refractivity contribution in [3.8, 4) is 0 Å². The summed E-state index contributed by atoms with van der Waals surface area (Å²) in [6.45, 7) is 17.3. The summed E-state index contributed by atoms with van der Waals surface area (Å²) < 4.78 is 0. The predicted molar refractivity (Wildman–Crippen MR) is 121 cm³/mol. The van der Waals surface area contributed by atoms with E-state index in [0.717, 1.165) is 22.8 Å². The predicted octanol–water partition coefficient (Wildman–Crippen LogP) is 6.76. The first kappa shape index (κ1) is 27.1. The van der Waals surface area contributed by atoms with Crippen molar-refractivity contribution in [3.63, 3.8) is 0 Å². The molecule has 0 amide bonds. The molecule has 0 unspecified atom stereocenters. The minimum absolute atomic E-state index is 0. The number of nitrogens with zero attached hydrogens (tertiary/aromatic N) is 2. The van der Waals surface area contributed by atoms with Gasteiger partial charge in [-0.25, -0.2) is 0 Å². The van der Waals surface area contributed by atoms with Gasteiger partial charge < -0.3 is 10.4 Å². The van der Waals surface area contributed by atoms with Gasteiger partial charge in [0.25, 0.3) is 0 Å². The van der Waals surface area contributed by atoms with Gasteiger partial charge in [-0.3, -0.25) is 4.99 Å². The molecule has 0 bridgehead atoms. The number of hydrogen-bond donors (Lipinski definition) is 0. The smallest absolute Gasteiger partial charge is 0.850 e. The van der Waals surface area contributed by atoms with Crippen LogP contribution >= 0.6 is 0 Å². The molecule has 0 fully saturated rings. The second-order valence-electron chi connectivity index (χ2n) is 8.24. The van der Waals surface area contributed by atoms with Gasteiger partial charge in [0, 0.05) is 5.71 Å². The van der Waals surface area contributed by atoms with E-state index >= 15 is 0 Å². The van der Waals surface area contributed by atoms with E-state index in [1.165, 1.54) is 22.3 Å². The molecule has 4 heteroatoms. The Morgan fingerprint density at radius 2 is 1.24 bits per heavy atom. The summed E-state index contributed by atoms with van der Waals surface area (Å²) in [5.74, 6) is 0. The van der Waals surface area contributed by atoms with Crippen LogP contribution in [0, 0.1) is 27.7 Å². The summed E-state index contributed by atoms with van der Waals surface area (Å²) >= 11 is 0. The third-order valence-corrected chi connectivity index (χ3v) is 3.87. The van der Waals surface area contributed by atoms with Crippen LogP contribution in [-0.4, -0.2) is 11.3 Å². The summed E-state index contributed by atoms with van der Waals surface area (Å²) in [7, 11) is 0. The summed E-state index contributed by atoms with van der Waals surface area (Å²) in [6, 6.07) is 12.5. The van der Waals surface area contributed by atoms with Crippen molar-refractivity contribution in [2.24, 2.45) is 4.99 Å². The van der Waals surface area contributed by atoms with Gasteiger partial charge in [0.2, 0.25) is 0 Å². The van der Waals surface area contributed by atoms with Crippen LogP contribution in [0.15, 0.2) is 53.2 Å². The number of aliphatic imine (C=N–C) groups is 1. The molecule has 0 aliphatic heterocycles. The molecule has 1 radical (unpaired) electrons. The Bertz CT molecular complexity index is 815. The number of rotatable bonds is 4. The first-order chi connectivity index (χ1) is 12.9. The summed E-state index contributed by atoms with van der Waals surface area (Å²) in [5.41, 5.74) is 8.08. The van der Waals surface area contributed by atoms with Crippen molar-refractivity contribution in [3.05, 3.63) is 75.7 Å². The molecule has 0 aliphatic carbocycles. The molecular weight excluding hydrogens is 408 g/mol. The Kier molecular flexibility index (Phi) is 11.2. The van der Waals surface area contributed by atoms with Gasteiger partial charge in [0.15, 0.2) is 0 Å². The molecule has 0 N–H and O–H groups in total. The molecule has 2 aromatic carbocycles. The summed E-state index contributed by atoms with van der Waals surface area (Å²) in [5, 5.41) is 14.9. The van der Waals surface area contributed by atoms with Crippen LogP contribution < -0.4 is 5.11 Å².